The van der Waals surface area contributed by atoms with Crippen LogP contribution >= 0.6 is 0 Å². The molecule has 0 aromatic heterocycles. The van der Waals surface area contributed by atoms with Crippen LogP contribution in [0.5, 0.6) is 5.75 Å². The topological polar surface area (TPSA) is 55.6 Å². The van der Waals surface area contributed by atoms with E-state index in [1.54, 1.807) is 12.0 Å². The SMILES string of the molecule is COc1ccc2cc(C(C)C(=O)N(C)CCC(N)C(C)C)ccc2c1. The van der Waals surface area contributed by atoms with Crippen LogP contribution in [-0.4, -0.2) is 37.6 Å². The fourth-order valence-electron chi connectivity index (χ4n) is 2.90. The number of rotatable bonds is 7. The second kappa shape index (κ2) is 8.34. The highest BCUT2D eigenvalue weighted by atomic mass is 16.5. The van der Waals surface area contributed by atoms with Gasteiger partial charge in [-0.25, -0.2) is 0 Å². The summed E-state index contributed by atoms with van der Waals surface area (Å²) in [6, 6.07) is 12.3. The summed E-state index contributed by atoms with van der Waals surface area (Å²) < 4.78 is 5.26. The number of amides is 1. The van der Waals surface area contributed by atoms with Gasteiger partial charge in [0.15, 0.2) is 0 Å². The first-order chi connectivity index (χ1) is 11.8. The van der Waals surface area contributed by atoms with Gasteiger partial charge in [0.25, 0.3) is 0 Å². The molecule has 2 aromatic rings. The molecule has 0 aliphatic carbocycles. The average molecular weight is 342 g/mol. The van der Waals surface area contributed by atoms with E-state index in [1.807, 2.05) is 44.3 Å². The number of hydrogen-bond acceptors (Lipinski definition) is 3. The van der Waals surface area contributed by atoms with Crippen molar-refractivity contribution >= 4 is 16.7 Å². The van der Waals surface area contributed by atoms with E-state index < -0.39 is 0 Å². The first-order valence-electron chi connectivity index (χ1n) is 8.91. The summed E-state index contributed by atoms with van der Waals surface area (Å²) in [6.07, 6.45) is 0.824. The Morgan fingerprint density at radius 2 is 1.76 bits per heavy atom. The van der Waals surface area contributed by atoms with E-state index in [-0.39, 0.29) is 17.9 Å². The number of methoxy groups -OCH3 is 1. The molecule has 2 rings (SSSR count). The van der Waals surface area contributed by atoms with Crippen LogP contribution in [-0.2, 0) is 4.79 Å². The number of carbonyl (C=O) groups excluding carboxylic acids is 1. The third kappa shape index (κ3) is 4.73. The number of nitrogens with two attached hydrogens (primary N) is 1. The molecule has 1 amide bonds. The van der Waals surface area contributed by atoms with Crippen molar-refractivity contribution in [2.75, 3.05) is 20.7 Å². The predicted octanol–water partition coefficient (Wildman–Crippen LogP) is 3.78. The van der Waals surface area contributed by atoms with Gasteiger partial charge >= 0.3 is 0 Å². The number of fused-ring (bicyclic) bond motifs is 1. The van der Waals surface area contributed by atoms with E-state index in [1.165, 1.54) is 0 Å². The summed E-state index contributed by atoms with van der Waals surface area (Å²) in [5.41, 5.74) is 7.12. The lowest BCUT2D eigenvalue weighted by Gasteiger charge is -2.24. The number of benzene rings is 2. The summed E-state index contributed by atoms with van der Waals surface area (Å²) in [5, 5.41) is 2.22. The van der Waals surface area contributed by atoms with Crippen molar-refractivity contribution in [3.63, 3.8) is 0 Å². The summed E-state index contributed by atoms with van der Waals surface area (Å²) >= 11 is 0. The zero-order valence-corrected chi connectivity index (χ0v) is 16.0. The third-order valence-corrected chi connectivity index (χ3v) is 4.97. The van der Waals surface area contributed by atoms with E-state index in [4.69, 9.17) is 10.5 Å². The minimum absolute atomic E-state index is 0.126. The molecule has 0 heterocycles. The van der Waals surface area contributed by atoms with Gasteiger partial charge in [-0.05, 0) is 47.7 Å². The Kier molecular flexibility index (Phi) is 6.43. The highest BCUT2D eigenvalue weighted by molar-refractivity contribution is 5.88. The van der Waals surface area contributed by atoms with Crippen molar-refractivity contribution in [3.8, 4) is 5.75 Å². The maximum absolute atomic E-state index is 12.7. The monoisotopic (exact) mass is 342 g/mol. The van der Waals surface area contributed by atoms with Gasteiger partial charge in [0, 0.05) is 19.6 Å². The van der Waals surface area contributed by atoms with E-state index >= 15 is 0 Å². The largest absolute Gasteiger partial charge is 0.497 e. The number of hydrogen-bond donors (Lipinski definition) is 1. The Morgan fingerprint density at radius 3 is 2.40 bits per heavy atom. The Bertz CT molecular complexity index is 727. The molecule has 4 nitrogen and oxygen atoms in total. The van der Waals surface area contributed by atoms with Gasteiger partial charge in [-0.15, -0.1) is 0 Å². The van der Waals surface area contributed by atoms with Crippen LogP contribution in [0.4, 0.5) is 0 Å². The van der Waals surface area contributed by atoms with Crippen LogP contribution in [0.15, 0.2) is 36.4 Å². The molecule has 0 saturated carbocycles. The number of carbonyl (C=O) groups is 1. The van der Waals surface area contributed by atoms with E-state index in [9.17, 15) is 4.79 Å². The van der Waals surface area contributed by atoms with Crippen LogP contribution in [0.3, 0.4) is 0 Å². The van der Waals surface area contributed by atoms with Gasteiger partial charge in [-0.1, -0.05) is 38.1 Å². The van der Waals surface area contributed by atoms with Crippen molar-refractivity contribution in [2.45, 2.75) is 39.2 Å². The highest BCUT2D eigenvalue weighted by Crippen LogP contribution is 2.26. The average Bonchev–Trinajstić information content (AvgIpc) is 2.63. The number of likely N-dealkylation sites (N-methyl/N-ethyl adjacent to an activating group) is 1. The Labute approximate surface area is 151 Å². The van der Waals surface area contributed by atoms with Crippen molar-refractivity contribution in [1.29, 1.82) is 0 Å². The normalized spacial score (nSPS) is 13.7. The minimum Gasteiger partial charge on any atom is -0.497 e. The van der Waals surface area contributed by atoms with Gasteiger partial charge < -0.3 is 15.4 Å². The molecular weight excluding hydrogens is 312 g/mol. The van der Waals surface area contributed by atoms with Gasteiger partial charge in [0.05, 0.1) is 13.0 Å². The quantitative estimate of drug-likeness (QED) is 0.833. The fraction of sp³-hybridized carbons (Fsp3) is 0.476. The molecule has 136 valence electrons. The van der Waals surface area contributed by atoms with Crippen LogP contribution in [0, 0.1) is 5.92 Å². The summed E-state index contributed by atoms with van der Waals surface area (Å²) in [7, 11) is 3.52. The Hall–Kier alpha value is -2.07. The standard InChI is InChI=1S/C21H30N2O2/c1-14(2)20(22)10-11-23(4)21(24)15(3)16-6-7-18-13-19(25-5)9-8-17(18)12-16/h6-9,12-15,20H,10-11,22H2,1-5H3. The van der Waals surface area contributed by atoms with Gasteiger partial charge in [-0.2, -0.15) is 0 Å². The molecular formula is C21H30N2O2. The summed E-state index contributed by atoms with van der Waals surface area (Å²) in [4.78, 5) is 14.5. The summed E-state index contributed by atoms with van der Waals surface area (Å²) in [6.45, 7) is 6.87. The highest BCUT2D eigenvalue weighted by Gasteiger charge is 2.20. The van der Waals surface area contributed by atoms with E-state index in [0.717, 1.165) is 28.5 Å². The lowest BCUT2D eigenvalue weighted by atomic mass is 9.96. The van der Waals surface area contributed by atoms with Crippen LogP contribution in [0.25, 0.3) is 10.8 Å². The smallest absolute Gasteiger partial charge is 0.229 e. The number of nitrogens with zero attached hydrogens (tertiary/aromatic N) is 1. The molecule has 2 aromatic carbocycles. The van der Waals surface area contributed by atoms with E-state index in [2.05, 4.69) is 19.9 Å². The molecule has 0 fully saturated rings. The summed E-state index contributed by atoms with van der Waals surface area (Å²) in [5.74, 6) is 1.22. The van der Waals surface area contributed by atoms with Crippen LogP contribution < -0.4 is 10.5 Å². The molecule has 0 radical (unpaired) electrons. The van der Waals surface area contributed by atoms with Crippen molar-refractivity contribution in [2.24, 2.45) is 11.7 Å². The molecule has 0 bridgehead atoms. The van der Waals surface area contributed by atoms with E-state index in [0.29, 0.717) is 12.5 Å². The van der Waals surface area contributed by atoms with Crippen molar-refractivity contribution in [1.82, 2.24) is 4.90 Å². The van der Waals surface area contributed by atoms with Crippen molar-refractivity contribution < 1.29 is 9.53 Å². The first-order valence-corrected chi connectivity index (χ1v) is 8.91. The van der Waals surface area contributed by atoms with Crippen molar-refractivity contribution in [3.05, 3.63) is 42.0 Å². The predicted molar refractivity (Wildman–Crippen MR) is 104 cm³/mol. The first kappa shape index (κ1) is 19.3. The lowest BCUT2D eigenvalue weighted by Crippen LogP contribution is -2.36. The fourth-order valence-corrected chi connectivity index (χ4v) is 2.90. The minimum atomic E-state index is -0.174. The molecule has 2 N–H and O–H groups in total. The zero-order chi connectivity index (χ0) is 18.6. The maximum atomic E-state index is 12.7. The molecule has 0 aliphatic heterocycles. The molecule has 2 atom stereocenters. The van der Waals surface area contributed by atoms with Gasteiger partial charge in [-0.3, -0.25) is 4.79 Å². The van der Waals surface area contributed by atoms with Gasteiger partial charge in [0.1, 0.15) is 5.75 Å². The molecule has 25 heavy (non-hydrogen) atoms. The van der Waals surface area contributed by atoms with Crippen LogP contribution in [0.1, 0.15) is 38.7 Å². The second-order valence-electron chi connectivity index (χ2n) is 7.15. The van der Waals surface area contributed by atoms with Gasteiger partial charge in [0.2, 0.25) is 5.91 Å². The number of ether oxygens (including phenoxy) is 1. The Morgan fingerprint density at radius 1 is 1.12 bits per heavy atom. The third-order valence-electron chi connectivity index (χ3n) is 4.97. The molecule has 0 spiro atoms. The Balaban J connectivity index is 2.09. The molecule has 0 aliphatic rings. The molecule has 4 heteroatoms. The molecule has 2 unspecified atom stereocenters. The van der Waals surface area contributed by atoms with Crippen LogP contribution in [0.2, 0.25) is 0 Å². The molecule has 0 saturated heterocycles. The second-order valence-corrected chi connectivity index (χ2v) is 7.15. The maximum Gasteiger partial charge on any atom is 0.229 e. The zero-order valence-electron chi connectivity index (χ0n) is 16.0. The lowest BCUT2D eigenvalue weighted by molar-refractivity contribution is -0.131.